The van der Waals surface area contributed by atoms with Crippen LogP contribution in [-0.4, -0.2) is 69.4 Å². The van der Waals surface area contributed by atoms with E-state index < -0.39 is 10.2 Å². The summed E-state index contributed by atoms with van der Waals surface area (Å²) in [4.78, 5) is 9.31. The fourth-order valence-electron chi connectivity index (χ4n) is 3.71. The molecule has 0 aliphatic carbocycles. The summed E-state index contributed by atoms with van der Waals surface area (Å²) < 4.78 is 29.2. The number of nitrogens with one attached hydrogen (secondary N) is 3. The molecule has 5 rings (SSSR count). The monoisotopic (exact) mass is 448 g/mol. The highest BCUT2D eigenvalue weighted by atomic mass is 32.2. The molecule has 2 aliphatic heterocycles. The molecule has 12 heteroatoms. The molecule has 5 heterocycles. The molecule has 3 aromatic rings. The van der Waals surface area contributed by atoms with Gasteiger partial charge in [0.15, 0.2) is 11.6 Å². The van der Waals surface area contributed by atoms with Crippen LogP contribution in [0.1, 0.15) is 25.0 Å². The summed E-state index contributed by atoms with van der Waals surface area (Å²) in [7, 11) is -3.29. The van der Waals surface area contributed by atoms with Crippen LogP contribution < -0.4 is 10.6 Å². The summed E-state index contributed by atoms with van der Waals surface area (Å²) in [6, 6.07) is 4.02. The highest BCUT2D eigenvalue weighted by molar-refractivity contribution is 7.86. The van der Waals surface area contributed by atoms with Crippen LogP contribution in [0.3, 0.4) is 0 Å². The van der Waals surface area contributed by atoms with E-state index in [0.717, 1.165) is 35.2 Å². The normalized spacial score (nSPS) is 19.1. The number of aryl methyl sites for hydroxylation is 1. The Morgan fingerprint density at radius 3 is 2.60 bits per heavy atom. The van der Waals surface area contributed by atoms with Crippen molar-refractivity contribution in [1.82, 2.24) is 28.8 Å². The van der Waals surface area contributed by atoms with Crippen molar-refractivity contribution in [2.75, 3.05) is 36.8 Å². The topological polar surface area (TPSA) is 119 Å². The van der Waals surface area contributed by atoms with E-state index in [-0.39, 0.29) is 6.04 Å². The van der Waals surface area contributed by atoms with Gasteiger partial charge in [0.05, 0.1) is 10.2 Å². The van der Waals surface area contributed by atoms with Gasteiger partial charge in [-0.05, 0) is 37.6 Å². The van der Waals surface area contributed by atoms with Crippen LogP contribution in [0.5, 0.6) is 0 Å². The lowest BCUT2D eigenvalue weighted by atomic mass is 10.1. The lowest BCUT2D eigenvalue weighted by Crippen LogP contribution is -2.53. The molecule has 0 atom stereocenters. The number of fused-ring (bicyclic) bond motifs is 1. The highest BCUT2D eigenvalue weighted by Crippen LogP contribution is 2.30. The first kappa shape index (κ1) is 19.7. The van der Waals surface area contributed by atoms with Crippen molar-refractivity contribution in [1.29, 1.82) is 0 Å². The summed E-state index contributed by atoms with van der Waals surface area (Å²) in [6.45, 7) is 4.24. The Morgan fingerprint density at radius 1 is 1.17 bits per heavy atom. The number of thiophene rings is 1. The summed E-state index contributed by atoms with van der Waals surface area (Å²) >= 11 is 1.58. The lowest BCUT2D eigenvalue weighted by molar-refractivity contribution is 0.253. The second-order valence-electron chi connectivity index (χ2n) is 7.67. The number of nitrogens with zero attached hydrogens (tertiary/aromatic N) is 5. The van der Waals surface area contributed by atoms with Crippen LogP contribution in [0.25, 0.3) is 10.2 Å². The largest absolute Gasteiger partial charge is 0.351 e. The van der Waals surface area contributed by atoms with E-state index in [1.807, 2.05) is 24.4 Å². The lowest BCUT2D eigenvalue weighted by Gasteiger charge is -2.38. The molecule has 0 bridgehead atoms. The minimum atomic E-state index is -3.29. The van der Waals surface area contributed by atoms with Gasteiger partial charge in [0.2, 0.25) is 5.95 Å². The number of anilines is 3. The molecule has 3 aromatic heterocycles. The fraction of sp³-hybridized carbons (Fsp3) is 0.500. The highest BCUT2D eigenvalue weighted by Gasteiger charge is 2.35. The molecule has 0 aromatic carbocycles. The van der Waals surface area contributed by atoms with Crippen LogP contribution in [0.4, 0.5) is 17.6 Å². The Hall–Kier alpha value is -2.28. The molecule has 0 radical (unpaired) electrons. The zero-order valence-corrected chi connectivity index (χ0v) is 18.3. The molecule has 0 saturated carbocycles. The summed E-state index contributed by atoms with van der Waals surface area (Å²) in [5.74, 6) is 1.96. The summed E-state index contributed by atoms with van der Waals surface area (Å²) in [5.41, 5.74) is 1.83. The Labute approximate surface area is 178 Å². The van der Waals surface area contributed by atoms with Gasteiger partial charge in [-0.15, -0.1) is 11.3 Å². The first-order valence-electron chi connectivity index (χ1n) is 10.0. The van der Waals surface area contributed by atoms with E-state index in [1.165, 1.54) is 0 Å². The Morgan fingerprint density at radius 2 is 1.93 bits per heavy atom. The van der Waals surface area contributed by atoms with Crippen molar-refractivity contribution in [2.24, 2.45) is 0 Å². The van der Waals surface area contributed by atoms with Gasteiger partial charge in [-0.25, -0.2) is 4.98 Å². The molecule has 2 saturated heterocycles. The molecular formula is C18H24N8O2S2. The molecule has 30 heavy (non-hydrogen) atoms. The zero-order chi connectivity index (χ0) is 20.7. The third-order valence-corrected chi connectivity index (χ3v) is 8.46. The van der Waals surface area contributed by atoms with E-state index in [9.17, 15) is 8.42 Å². The number of H-pyrrole nitrogens is 1. The minimum Gasteiger partial charge on any atom is -0.351 e. The van der Waals surface area contributed by atoms with Crippen LogP contribution in [0.15, 0.2) is 17.5 Å². The minimum absolute atomic E-state index is 0.129. The molecule has 2 aliphatic rings. The van der Waals surface area contributed by atoms with E-state index in [0.29, 0.717) is 43.8 Å². The third-order valence-electron chi connectivity index (χ3n) is 5.51. The standard InChI is InChI=1S/C18H24N8O2S2/c1-12-11-15(24-23-12)21-17-16-14(5-10-29-16)20-18(22-17)19-13-3-8-26(9-4-13)30(27,28)25-6-2-7-25/h5,10-11,13H,2-4,6-9H2,1H3,(H3,19,20,21,22,23,24). The van der Waals surface area contributed by atoms with Crippen molar-refractivity contribution in [3.63, 3.8) is 0 Å². The fourth-order valence-corrected chi connectivity index (χ4v) is 6.21. The Kier molecular flexibility index (Phi) is 5.09. The summed E-state index contributed by atoms with van der Waals surface area (Å²) in [6.07, 6.45) is 2.40. The smallest absolute Gasteiger partial charge is 0.281 e. The van der Waals surface area contributed by atoms with Gasteiger partial charge < -0.3 is 10.6 Å². The van der Waals surface area contributed by atoms with Gasteiger partial charge in [0, 0.05) is 44.0 Å². The Balaban J connectivity index is 1.29. The zero-order valence-electron chi connectivity index (χ0n) is 16.6. The molecule has 3 N–H and O–H groups in total. The Bertz CT molecular complexity index is 1150. The number of aromatic nitrogens is 4. The van der Waals surface area contributed by atoms with Gasteiger partial charge in [-0.3, -0.25) is 5.10 Å². The number of hydrogen-bond donors (Lipinski definition) is 3. The van der Waals surface area contributed by atoms with E-state index in [2.05, 4.69) is 30.8 Å². The molecule has 2 fully saturated rings. The van der Waals surface area contributed by atoms with Gasteiger partial charge in [-0.1, -0.05) is 0 Å². The maximum atomic E-state index is 12.6. The van der Waals surface area contributed by atoms with E-state index in [1.54, 1.807) is 19.9 Å². The average Bonchev–Trinajstić information content (AvgIpc) is 3.29. The first-order chi connectivity index (χ1) is 14.5. The van der Waals surface area contributed by atoms with Crippen molar-refractivity contribution < 1.29 is 8.42 Å². The number of hydrogen-bond acceptors (Lipinski definition) is 8. The molecular weight excluding hydrogens is 424 g/mol. The predicted molar refractivity (Wildman–Crippen MR) is 117 cm³/mol. The maximum absolute atomic E-state index is 12.6. The average molecular weight is 449 g/mol. The number of piperidine rings is 1. The second-order valence-corrected chi connectivity index (χ2v) is 10.5. The van der Waals surface area contributed by atoms with Crippen molar-refractivity contribution in [2.45, 2.75) is 32.2 Å². The predicted octanol–water partition coefficient (Wildman–Crippen LogP) is 2.29. The van der Waals surface area contributed by atoms with Crippen molar-refractivity contribution in [3.8, 4) is 0 Å². The third kappa shape index (κ3) is 3.75. The van der Waals surface area contributed by atoms with Crippen molar-refractivity contribution >= 4 is 49.3 Å². The van der Waals surface area contributed by atoms with Gasteiger partial charge in [0.1, 0.15) is 0 Å². The molecule has 160 valence electrons. The summed E-state index contributed by atoms with van der Waals surface area (Å²) in [5, 5.41) is 15.8. The number of aromatic amines is 1. The van der Waals surface area contributed by atoms with Crippen LogP contribution >= 0.6 is 11.3 Å². The van der Waals surface area contributed by atoms with E-state index >= 15 is 0 Å². The van der Waals surface area contributed by atoms with Gasteiger partial charge in [-0.2, -0.15) is 27.1 Å². The second kappa shape index (κ2) is 7.76. The first-order valence-corrected chi connectivity index (χ1v) is 12.3. The molecule has 0 unspecified atom stereocenters. The quantitative estimate of drug-likeness (QED) is 0.529. The molecule has 0 spiro atoms. The van der Waals surface area contributed by atoms with Crippen LogP contribution in [0, 0.1) is 6.92 Å². The maximum Gasteiger partial charge on any atom is 0.281 e. The van der Waals surface area contributed by atoms with Crippen molar-refractivity contribution in [3.05, 3.63) is 23.2 Å². The molecule has 0 amide bonds. The molecule has 10 nitrogen and oxygen atoms in total. The van der Waals surface area contributed by atoms with Gasteiger partial charge in [0.25, 0.3) is 10.2 Å². The van der Waals surface area contributed by atoms with Crippen LogP contribution in [0.2, 0.25) is 0 Å². The van der Waals surface area contributed by atoms with Crippen LogP contribution in [-0.2, 0) is 10.2 Å². The number of rotatable bonds is 6. The SMILES string of the molecule is Cc1cc(Nc2nc(NC3CCN(S(=O)(=O)N4CCC4)CC3)nc3ccsc23)n[nH]1. The van der Waals surface area contributed by atoms with Gasteiger partial charge >= 0.3 is 0 Å². The van der Waals surface area contributed by atoms with E-state index in [4.69, 9.17) is 0 Å².